The van der Waals surface area contributed by atoms with Crippen molar-refractivity contribution in [2.45, 2.75) is 36.6 Å². The van der Waals surface area contributed by atoms with E-state index in [9.17, 15) is 13.2 Å². The number of nitrogens with one attached hydrogen (secondary N) is 1. The summed E-state index contributed by atoms with van der Waals surface area (Å²) in [6, 6.07) is 5.29. The van der Waals surface area contributed by atoms with E-state index in [-0.39, 0.29) is 17.0 Å². The van der Waals surface area contributed by atoms with Gasteiger partial charge in [0.2, 0.25) is 10.0 Å². The summed E-state index contributed by atoms with van der Waals surface area (Å²) in [7, 11) is -3.59. The van der Waals surface area contributed by atoms with Crippen LogP contribution >= 0.6 is 31.9 Å². The lowest BCUT2D eigenvalue weighted by molar-refractivity contribution is 0.169. The van der Waals surface area contributed by atoms with Gasteiger partial charge in [0.25, 0.3) is 0 Å². The zero-order valence-electron chi connectivity index (χ0n) is 13.7. The predicted molar refractivity (Wildman–Crippen MR) is 103 cm³/mol. The van der Waals surface area contributed by atoms with Crippen molar-refractivity contribution in [2.75, 3.05) is 26.2 Å². The molecular formula is C16H21Br2N3O3S. The average Bonchev–Trinajstić information content (AvgIpc) is 3.10. The fourth-order valence-electron chi connectivity index (χ4n) is 3.28. The lowest BCUT2D eigenvalue weighted by Crippen LogP contribution is -2.54. The van der Waals surface area contributed by atoms with E-state index in [1.807, 2.05) is 0 Å². The number of halogens is 2. The third kappa shape index (κ3) is 4.37. The SMILES string of the molecule is O=C(NC1CCCC1)N1CCN(S(=O)(=O)c2cc(Br)ccc2Br)CC1. The van der Waals surface area contributed by atoms with Gasteiger partial charge in [0, 0.05) is 41.2 Å². The second-order valence-corrected chi connectivity index (χ2v) is 10.1. The Labute approximate surface area is 165 Å². The summed E-state index contributed by atoms with van der Waals surface area (Å²) in [6.45, 7) is 1.42. The Morgan fingerprint density at radius 2 is 1.72 bits per heavy atom. The molecule has 1 saturated heterocycles. The number of hydrogen-bond acceptors (Lipinski definition) is 3. The standard InChI is InChI=1S/C16H21Br2N3O3S/c17-12-5-6-14(18)15(11-12)25(23,24)21-9-7-20(8-10-21)16(22)19-13-3-1-2-4-13/h5-6,11,13H,1-4,7-10H2,(H,19,22). The Morgan fingerprint density at radius 3 is 2.36 bits per heavy atom. The van der Waals surface area contributed by atoms with Crippen molar-refractivity contribution in [3.05, 3.63) is 27.1 Å². The second-order valence-electron chi connectivity index (χ2n) is 6.40. The van der Waals surface area contributed by atoms with Gasteiger partial charge < -0.3 is 10.2 Å². The number of amides is 2. The molecule has 0 aromatic heterocycles. The molecule has 0 atom stereocenters. The third-order valence-electron chi connectivity index (χ3n) is 4.72. The number of rotatable bonds is 3. The molecule has 1 N–H and O–H groups in total. The number of sulfonamides is 1. The Morgan fingerprint density at radius 1 is 1.08 bits per heavy atom. The Balaban J connectivity index is 1.63. The van der Waals surface area contributed by atoms with Crippen LogP contribution in [0, 0.1) is 0 Å². The minimum Gasteiger partial charge on any atom is -0.335 e. The highest BCUT2D eigenvalue weighted by atomic mass is 79.9. The topological polar surface area (TPSA) is 69.7 Å². The van der Waals surface area contributed by atoms with Gasteiger partial charge in [-0.1, -0.05) is 28.8 Å². The lowest BCUT2D eigenvalue weighted by Gasteiger charge is -2.34. The minimum absolute atomic E-state index is 0.0763. The Hall–Kier alpha value is -0.640. The molecule has 1 saturated carbocycles. The van der Waals surface area contributed by atoms with Crippen LogP contribution in [0.4, 0.5) is 4.79 Å². The molecule has 2 aliphatic rings. The average molecular weight is 495 g/mol. The van der Waals surface area contributed by atoms with E-state index in [1.165, 1.54) is 17.1 Å². The smallest absolute Gasteiger partial charge is 0.317 e. The maximum absolute atomic E-state index is 12.9. The first-order valence-corrected chi connectivity index (χ1v) is 11.4. The number of carbonyl (C=O) groups is 1. The van der Waals surface area contributed by atoms with E-state index in [0.29, 0.717) is 35.1 Å². The molecule has 0 unspecified atom stereocenters. The summed E-state index contributed by atoms with van der Waals surface area (Å²) in [6.07, 6.45) is 4.41. The van der Waals surface area contributed by atoms with Crippen molar-refractivity contribution in [1.82, 2.24) is 14.5 Å². The van der Waals surface area contributed by atoms with E-state index in [1.54, 1.807) is 23.1 Å². The highest BCUT2D eigenvalue weighted by Crippen LogP contribution is 2.28. The maximum Gasteiger partial charge on any atom is 0.317 e. The molecule has 2 fully saturated rings. The van der Waals surface area contributed by atoms with Crippen LogP contribution in [0.5, 0.6) is 0 Å². The molecule has 1 aliphatic carbocycles. The van der Waals surface area contributed by atoms with Crippen molar-refractivity contribution in [2.24, 2.45) is 0 Å². The minimum atomic E-state index is -3.59. The number of nitrogens with zero attached hydrogens (tertiary/aromatic N) is 2. The van der Waals surface area contributed by atoms with Gasteiger partial charge in [-0.05, 0) is 47.0 Å². The van der Waals surface area contributed by atoms with Gasteiger partial charge in [-0.2, -0.15) is 4.31 Å². The zero-order chi connectivity index (χ0) is 18.0. The van der Waals surface area contributed by atoms with Crippen LogP contribution < -0.4 is 5.32 Å². The lowest BCUT2D eigenvalue weighted by atomic mass is 10.2. The van der Waals surface area contributed by atoms with Crippen molar-refractivity contribution >= 4 is 47.9 Å². The Kier molecular flexibility index (Phi) is 6.07. The number of piperazine rings is 1. The van der Waals surface area contributed by atoms with E-state index in [4.69, 9.17) is 0 Å². The van der Waals surface area contributed by atoms with Crippen LogP contribution in [-0.2, 0) is 10.0 Å². The predicted octanol–water partition coefficient (Wildman–Crippen LogP) is 3.17. The van der Waals surface area contributed by atoms with Crippen LogP contribution in [0.1, 0.15) is 25.7 Å². The maximum atomic E-state index is 12.9. The first kappa shape index (κ1) is 19.1. The summed E-state index contributed by atoms with van der Waals surface area (Å²) in [4.78, 5) is 14.3. The summed E-state index contributed by atoms with van der Waals surface area (Å²) in [5.74, 6) is 0. The highest BCUT2D eigenvalue weighted by Gasteiger charge is 2.32. The van der Waals surface area contributed by atoms with Gasteiger partial charge in [0.15, 0.2) is 0 Å². The molecule has 1 aliphatic heterocycles. The summed E-state index contributed by atoms with van der Waals surface area (Å²) < 4.78 is 28.4. The van der Waals surface area contributed by atoms with Gasteiger partial charge in [-0.15, -0.1) is 0 Å². The van der Waals surface area contributed by atoms with E-state index < -0.39 is 10.0 Å². The fourth-order valence-corrected chi connectivity index (χ4v) is 6.17. The Bertz CT molecular complexity index is 743. The quantitative estimate of drug-likeness (QED) is 0.701. The molecule has 1 aromatic rings. The van der Waals surface area contributed by atoms with Crippen LogP contribution in [0.25, 0.3) is 0 Å². The van der Waals surface area contributed by atoms with Crippen LogP contribution in [0.2, 0.25) is 0 Å². The third-order valence-corrected chi connectivity index (χ3v) is 8.11. The molecule has 25 heavy (non-hydrogen) atoms. The molecule has 1 heterocycles. The van der Waals surface area contributed by atoms with Crippen molar-refractivity contribution in [3.8, 4) is 0 Å². The molecule has 0 radical (unpaired) electrons. The molecule has 3 rings (SSSR count). The first-order chi connectivity index (χ1) is 11.9. The summed E-state index contributed by atoms with van der Waals surface area (Å²) in [5.41, 5.74) is 0. The van der Waals surface area contributed by atoms with Gasteiger partial charge in [-0.3, -0.25) is 0 Å². The monoisotopic (exact) mass is 493 g/mol. The molecule has 9 heteroatoms. The van der Waals surface area contributed by atoms with E-state index in [2.05, 4.69) is 37.2 Å². The fraction of sp³-hybridized carbons (Fsp3) is 0.562. The molecule has 0 bridgehead atoms. The highest BCUT2D eigenvalue weighted by molar-refractivity contribution is 9.11. The molecule has 0 spiro atoms. The zero-order valence-corrected chi connectivity index (χ0v) is 17.7. The van der Waals surface area contributed by atoms with Gasteiger partial charge in [-0.25, -0.2) is 13.2 Å². The summed E-state index contributed by atoms with van der Waals surface area (Å²) >= 11 is 6.63. The van der Waals surface area contributed by atoms with Crippen LogP contribution in [-0.4, -0.2) is 55.9 Å². The van der Waals surface area contributed by atoms with Gasteiger partial charge in [0.1, 0.15) is 0 Å². The number of benzene rings is 1. The molecule has 138 valence electrons. The van der Waals surface area contributed by atoms with Gasteiger partial charge in [0.05, 0.1) is 4.90 Å². The van der Waals surface area contributed by atoms with E-state index in [0.717, 1.165) is 12.8 Å². The van der Waals surface area contributed by atoms with Crippen molar-refractivity contribution in [3.63, 3.8) is 0 Å². The largest absolute Gasteiger partial charge is 0.335 e. The number of carbonyl (C=O) groups excluding carboxylic acids is 1. The van der Waals surface area contributed by atoms with Crippen LogP contribution in [0.3, 0.4) is 0 Å². The summed E-state index contributed by atoms with van der Waals surface area (Å²) in [5, 5.41) is 3.06. The first-order valence-electron chi connectivity index (χ1n) is 8.38. The second kappa shape index (κ2) is 7.94. The van der Waals surface area contributed by atoms with Crippen molar-refractivity contribution < 1.29 is 13.2 Å². The molecule has 2 amide bonds. The molecular weight excluding hydrogens is 474 g/mol. The van der Waals surface area contributed by atoms with E-state index >= 15 is 0 Å². The van der Waals surface area contributed by atoms with Crippen molar-refractivity contribution in [1.29, 1.82) is 0 Å². The van der Waals surface area contributed by atoms with Crippen LogP contribution in [0.15, 0.2) is 32.0 Å². The number of urea groups is 1. The normalized spacial score (nSPS) is 20.0. The van der Waals surface area contributed by atoms with Gasteiger partial charge >= 0.3 is 6.03 Å². The molecule has 1 aromatic carbocycles. The number of hydrogen-bond donors (Lipinski definition) is 1. The molecule has 6 nitrogen and oxygen atoms in total.